The fraction of sp³-hybridized carbons (Fsp3) is 0.300. The first-order valence-electron chi connectivity index (χ1n) is 10.1. The van der Waals surface area contributed by atoms with Crippen LogP contribution in [0.5, 0.6) is 5.88 Å². The summed E-state index contributed by atoms with van der Waals surface area (Å²) in [5, 5.41) is 5.34. The normalized spacial score (nSPS) is 12.0. The molecule has 0 amide bonds. The predicted octanol–water partition coefficient (Wildman–Crippen LogP) is 3.71. The molecule has 2 heterocycles. The van der Waals surface area contributed by atoms with Gasteiger partial charge >= 0.3 is 7.60 Å². The van der Waals surface area contributed by atoms with Crippen molar-refractivity contribution in [2.45, 2.75) is 24.0 Å². The first-order valence-corrected chi connectivity index (χ1v) is 13.5. The lowest BCUT2D eigenvalue weighted by molar-refractivity contribution is 0.286. The molecule has 1 aromatic carbocycles. The minimum Gasteiger partial charge on any atom is -0.478 e. The topological polar surface area (TPSA) is 155 Å². The van der Waals surface area contributed by atoms with Crippen LogP contribution in [0.1, 0.15) is 13.8 Å². The van der Waals surface area contributed by atoms with Gasteiger partial charge in [-0.1, -0.05) is 23.7 Å². The largest absolute Gasteiger partial charge is 0.478 e. The maximum Gasteiger partial charge on any atom is 0.380 e. The fourth-order valence-electron chi connectivity index (χ4n) is 2.81. The molecule has 0 unspecified atom stereocenters. The Bertz CT molecular complexity index is 1370. The molecule has 0 aliphatic heterocycles. The third kappa shape index (κ3) is 5.71. The Labute approximate surface area is 207 Å². The molecule has 0 spiro atoms. The lowest BCUT2D eigenvalue weighted by Gasteiger charge is -2.16. The summed E-state index contributed by atoms with van der Waals surface area (Å²) in [6.45, 7) is 3.20. The zero-order valence-electron chi connectivity index (χ0n) is 19.5. The summed E-state index contributed by atoms with van der Waals surface area (Å²) in [6, 6.07) is 6.44. The van der Waals surface area contributed by atoms with Gasteiger partial charge in [-0.2, -0.15) is 4.98 Å². The van der Waals surface area contributed by atoms with Gasteiger partial charge in [0.25, 0.3) is 5.88 Å². The highest BCUT2D eigenvalue weighted by Gasteiger charge is 2.29. The van der Waals surface area contributed by atoms with Crippen molar-refractivity contribution in [1.29, 1.82) is 0 Å². The highest BCUT2D eigenvalue weighted by Crippen LogP contribution is 2.44. The van der Waals surface area contributed by atoms with Crippen LogP contribution in [0.15, 0.2) is 41.6 Å². The summed E-state index contributed by atoms with van der Waals surface area (Å²) in [7, 11) is -3.41. The van der Waals surface area contributed by atoms with E-state index in [-0.39, 0.29) is 38.8 Å². The maximum absolute atomic E-state index is 12.8. The van der Waals surface area contributed by atoms with Crippen LogP contribution in [-0.4, -0.2) is 54.9 Å². The minimum atomic E-state index is -3.64. The average Bonchev–Trinajstić information content (AvgIpc) is 2.85. The number of aromatic nitrogens is 4. The number of para-hydroxylation sites is 1. The van der Waals surface area contributed by atoms with Crippen molar-refractivity contribution in [1.82, 2.24) is 19.9 Å². The predicted molar refractivity (Wildman–Crippen MR) is 132 cm³/mol. The quantitative estimate of drug-likeness (QED) is 0.359. The van der Waals surface area contributed by atoms with E-state index in [1.165, 1.54) is 39.8 Å². The van der Waals surface area contributed by atoms with Gasteiger partial charge in [-0.3, -0.25) is 4.57 Å². The second-order valence-electron chi connectivity index (χ2n) is 7.18. The van der Waals surface area contributed by atoms with Gasteiger partial charge in [0.1, 0.15) is 5.02 Å². The van der Waals surface area contributed by atoms with Crippen molar-refractivity contribution in [2.75, 3.05) is 32.0 Å². The van der Waals surface area contributed by atoms with Gasteiger partial charge in [-0.25, -0.2) is 23.4 Å². The van der Waals surface area contributed by atoms with Crippen LogP contribution < -0.4 is 20.8 Å². The number of nitrogens with zero attached hydrogens (tertiary/aromatic N) is 4. The van der Waals surface area contributed by atoms with Crippen molar-refractivity contribution in [2.24, 2.45) is 0 Å². The third-order valence-electron chi connectivity index (χ3n) is 4.72. The highest BCUT2D eigenvalue weighted by molar-refractivity contribution is 7.92. The molecule has 3 rings (SSSR count). The van der Waals surface area contributed by atoms with E-state index in [1.54, 1.807) is 32.0 Å². The van der Waals surface area contributed by atoms with Crippen LogP contribution in [0.4, 0.5) is 23.3 Å². The van der Waals surface area contributed by atoms with E-state index in [0.717, 1.165) is 0 Å². The molecule has 0 saturated heterocycles. The van der Waals surface area contributed by atoms with Crippen LogP contribution in [0, 0.1) is 0 Å². The number of sulfone groups is 1. The lowest BCUT2D eigenvalue weighted by atomic mass is 10.3. The molecule has 35 heavy (non-hydrogen) atoms. The van der Waals surface area contributed by atoms with Crippen LogP contribution in [0.2, 0.25) is 5.02 Å². The average molecular weight is 543 g/mol. The summed E-state index contributed by atoms with van der Waals surface area (Å²) in [4.78, 5) is 16.9. The number of nitrogens with one attached hydrogen (secondary N) is 2. The number of methoxy groups -OCH3 is 1. The van der Waals surface area contributed by atoms with Crippen molar-refractivity contribution < 1.29 is 26.8 Å². The molecule has 2 N–H and O–H groups in total. The van der Waals surface area contributed by atoms with E-state index in [2.05, 4.69) is 30.6 Å². The van der Waals surface area contributed by atoms with Crippen molar-refractivity contribution >= 4 is 57.7 Å². The second-order valence-corrected chi connectivity index (χ2v) is 12.2. The number of benzene rings is 1. The zero-order valence-corrected chi connectivity index (χ0v) is 22.0. The number of halogens is 1. The highest BCUT2D eigenvalue weighted by atomic mass is 35.5. The van der Waals surface area contributed by atoms with E-state index in [9.17, 15) is 13.0 Å². The van der Waals surface area contributed by atoms with Gasteiger partial charge in [-0.05, 0) is 26.0 Å². The molecule has 0 aliphatic carbocycles. The number of anilines is 4. The van der Waals surface area contributed by atoms with E-state index in [4.69, 9.17) is 25.4 Å². The van der Waals surface area contributed by atoms with Gasteiger partial charge in [0.15, 0.2) is 26.9 Å². The molecular weight excluding hydrogens is 519 g/mol. The molecule has 0 bridgehead atoms. The molecule has 12 nitrogen and oxygen atoms in total. The third-order valence-corrected chi connectivity index (χ3v) is 8.95. The number of rotatable bonds is 10. The molecule has 0 radical (unpaired) electrons. The second kappa shape index (κ2) is 10.8. The Morgan fingerprint density at radius 2 is 1.66 bits per heavy atom. The number of hydrogen-bond acceptors (Lipinski definition) is 12. The minimum absolute atomic E-state index is 0.0155. The van der Waals surface area contributed by atoms with E-state index in [1.807, 2.05) is 0 Å². The zero-order chi connectivity index (χ0) is 25.8. The molecule has 0 aliphatic rings. The van der Waals surface area contributed by atoms with E-state index >= 15 is 0 Å². The van der Waals surface area contributed by atoms with Crippen LogP contribution >= 0.6 is 19.2 Å². The van der Waals surface area contributed by atoms with Crippen molar-refractivity contribution in [3.8, 4) is 5.88 Å². The smallest absolute Gasteiger partial charge is 0.380 e. The van der Waals surface area contributed by atoms with Crippen molar-refractivity contribution in [3.05, 3.63) is 41.7 Å². The van der Waals surface area contributed by atoms with Gasteiger partial charge in [0.05, 0.1) is 35.3 Å². The maximum atomic E-state index is 12.8. The molecule has 15 heteroatoms. The van der Waals surface area contributed by atoms with Gasteiger partial charge in [0, 0.05) is 14.2 Å². The summed E-state index contributed by atoms with van der Waals surface area (Å²) in [6.07, 6.45) is 2.54. The first kappa shape index (κ1) is 26.8. The Hall–Kier alpha value is -2.83. The lowest BCUT2D eigenvalue weighted by Crippen LogP contribution is -2.16. The van der Waals surface area contributed by atoms with E-state index in [0.29, 0.717) is 5.69 Å². The molecule has 0 fully saturated rings. The number of ether oxygens (including phenoxy) is 1. The monoisotopic (exact) mass is 542 g/mol. The SMILES string of the molecule is COc1nc(P(=O)(OC)OC)cnc1Nc1ncc(Cl)c(Nc2ccccc2S(=O)(=O)C(C)C)n1. The fourth-order valence-corrected chi connectivity index (χ4v) is 5.08. The Kier molecular flexibility index (Phi) is 8.29. The molecule has 0 saturated carbocycles. The van der Waals surface area contributed by atoms with Crippen LogP contribution in [-0.2, 0) is 23.4 Å². The first-order chi connectivity index (χ1) is 16.6. The standard InChI is InChI=1S/C20H24ClN6O6PS/c1-12(2)35(29,30)15-9-7-6-8-14(15)24-17-13(21)10-23-20(26-17)27-18-19(31-3)25-16(11-22-18)34(28,32-4)33-5/h6-12H,1-5H3,(H2,22,23,24,26,27). The summed E-state index contributed by atoms with van der Waals surface area (Å²) in [5.74, 6) is 0.315. The van der Waals surface area contributed by atoms with Gasteiger partial charge < -0.3 is 24.4 Å². The molecule has 2 aromatic heterocycles. The number of hydrogen-bond donors (Lipinski definition) is 2. The van der Waals surface area contributed by atoms with E-state index < -0.39 is 22.7 Å². The van der Waals surface area contributed by atoms with Gasteiger partial charge in [0.2, 0.25) is 5.95 Å². The van der Waals surface area contributed by atoms with Crippen LogP contribution in [0.3, 0.4) is 0 Å². The summed E-state index contributed by atoms with van der Waals surface area (Å²) in [5.41, 5.74) is 0.261. The molecule has 3 aromatic rings. The Balaban J connectivity index is 1.95. The molecule has 0 atom stereocenters. The van der Waals surface area contributed by atoms with Crippen molar-refractivity contribution in [3.63, 3.8) is 0 Å². The Morgan fingerprint density at radius 3 is 2.29 bits per heavy atom. The molecular formula is C20H24ClN6O6PS. The Morgan fingerprint density at radius 1 is 0.971 bits per heavy atom. The molecule has 188 valence electrons. The summed E-state index contributed by atoms with van der Waals surface area (Å²) >= 11 is 6.26. The van der Waals surface area contributed by atoms with Gasteiger partial charge in [-0.15, -0.1) is 0 Å². The van der Waals surface area contributed by atoms with Crippen LogP contribution in [0.25, 0.3) is 0 Å². The summed E-state index contributed by atoms with van der Waals surface area (Å²) < 4.78 is 53.2.